The van der Waals surface area contributed by atoms with Gasteiger partial charge in [0.15, 0.2) is 0 Å². The van der Waals surface area contributed by atoms with Gasteiger partial charge in [-0.2, -0.15) is 0 Å². The van der Waals surface area contributed by atoms with E-state index in [0.717, 1.165) is 12.8 Å². The fraction of sp³-hybridized carbons (Fsp3) is 0.800. The monoisotopic (exact) mass is 229 g/mol. The number of carbonyl (C=O) groups is 2. The van der Waals surface area contributed by atoms with Gasteiger partial charge in [0, 0.05) is 6.54 Å². The molecule has 6 heteroatoms. The molecule has 16 heavy (non-hydrogen) atoms. The normalized spacial score (nSPS) is 16.2. The molecule has 0 bridgehead atoms. The standard InChI is InChI=1S/C10H19N3O3/c11-10(15)13-9(14)7-12-5-6-16-8-3-1-2-4-8/h8,12H,1-7H2,(H3,11,13,14,15). The first kappa shape index (κ1) is 12.9. The highest BCUT2D eigenvalue weighted by molar-refractivity contribution is 5.94. The van der Waals surface area contributed by atoms with E-state index in [1.807, 2.05) is 5.32 Å². The molecule has 92 valence electrons. The van der Waals surface area contributed by atoms with Gasteiger partial charge < -0.3 is 15.8 Å². The fourth-order valence-corrected chi connectivity index (χ4v) is 1.74. The summed E-state index contributed by atoms with van der Waals surface area (Å²) in [6.07, 6.45) is 5.17. The topological polar surface area (TPSA) is 93.5 Å². The van der Waals surface area contributed by atoms with Gasteiger partial charge in [0.05, 0.1) is 19.3 Å². The van der Waals surface area contributed by atoms with E-state index < -0.39 is 11.9 Å². The van der Waals surface area contributed by atoms with Gasteiger partial charge in [-0.3, -0.25) is 10.1 Å². The first-order valence-electron chi connectivity index (χ1n) is 5.60. The third-order valence-electron chi connectivity index (χ3n) is 2.48. The van der Waals surface area contributed by atoms with E-state index in [9.17, 15) is 9.59 Å². The first-order valence-corrected chi connectivity index (χ1v) is 5.60. The molecule has 0 aromatic rings. The van der Waals surface area contributed by atoms with E-state index in [1.54, 1.807) is 0 Å². The van der Waals surface area contributed by atoms with Crippen LogP contribution >= 0.6 is 0 Å². The highest BCUT2D eigenvalue weighted by Gasteiger charge is 2.14. The number of nitrogens with one attached hydrogen (secondary N) is 2. The Bertz CT molecular complexity index is 239. The number of urea groups is 1. The Labute approximate surface area is 94.9 Å². The third kappa shape index (κ3) is 5.67. The summed E-state index contributed by atoms with van der Waals surface area (Å²) in [5.41, 5.74) is 4.78. The van der Waals surface area contributed by atoms with Crippen LogP contribution in [0.5, 0.6) is 0 Å². The lowest BCUT2D eigenvalue weighted by atomic mass is 10.3. The molecule has 6 nitrogen and oxygen atoms in total. The van der Waals surface area contributed by atoms with Crippen LogP contribution in [0.15, 0.2) is 0 Å². The van der Waals surface area contributed by atoms with Crippen molar-refractivity contribution in [2.45, 2.75) is 31.8 Å². The minimum atomic E-state index is -0.825. The van der Waals surface area contributed by atoms with E-state index in [2.05, 4.69) is 5.32 Å². The van der Waals surface area contributed by atoms with Crippen molar-refractivity contribution in [3.63, 3.8) is 0 Å². The van der Waals surface area contributed by atoms with Gasteiger partial charge in [0.2, 0.25) is 5.91 Å². The summed E-state index contributed by atoms with van der Waals surface area (Å²) in [5, 5.41) is 4.84. The number of rotatable bonds is 6. The molecule has 0 aromatic heterocycles. The summed E-state index contributed by atoms with van der Waals surface area (Å²) in [6.45, 7) is 1.27. The molecule has 0 aromatic carbocycles. The summed E-state index contributed by atoms with van der Waals surface area (Å²) in [6, 6.07) is -0.825. The second-order valence-corrected chi connectivity index (χ2v) is 3.87. The van der Waals surface area contributed by atoms with Crippen molar-refractivity contribution in [3.05, 3.63) is 0 Å². The van der Waals surface area contributed by atoms with Gasteiger partial charge >= 0.3 is 6.03 Å². The molecule has 4 N–H and O–H groups in total. The van der Waals surface area contributed by atoms with Gasteiger partial charge in [-0.25, -0.2) is 4.79 Å². The van der Waals surface area contributed by atoms with Crippen molar-refractivity contribution in [1.82, 2.24) is 10.6 Å². The Balaban J connectivity index is 1.91. The van der Waals surface area contributed by atoms with Crippen LogP contribution in [0.3, 0.4) is 0 Å². The van der Waals surface area contributed by atoms with E-state index in [0.29, 0.717) is 19.3 Å². The summed E-state index contributed by atoms with van der Waals surface area (Å²) in [7, 11) is 0. The lowest BCUT2D eigenvalue weighted by molar-refractivity contribution is -0.119. The zero-order chi connectivity index (χ0) is 11.8. The molecule has 0 heterocycles. The number of carbonyl (C=O) groups excluding carboxylic acids is 2. The lowest BCUT2D eigenvalue weighted by Crippen LogP contribution is -2.41. The fourth-order valence-electron chi connectivity index (χ4n) is 1.74. The van der Waals surface area contributed by atoms with Crippen LogP contribution in [-0.2, 0) is 9.53 Å². The summed E-state index contributed by atoms with van der Waals surface area (Å²) < 4.78 is 5.58. The first-order chi connectivity index (χ1) is 7.68. The molecule has 0 radical (unpaired) electrons. The number of nitrogens with two attached hydrogens (primary N) is 1. The zero-order valence-corrected chi connectivity index (χ0v) is 9.33. The number of hydrogen-bond donors (Lipinski definition) is 3. The van der Waals surface area contributed by atoms with E-state index in [4.69, 9.17) is 10.5 Å². The predicted molar refractivity (Wildman–Crippen MR) is 58.8 cm³/mol. The van der Waals surface area contributed by atoms with Gasteiger partial charge in [-0.15, -0.1) is 0 Å². The molecule has 0 atom stereocenters. The van der Waals surface area contributed by atoms with E-state index in [-0.39, 0.29) is 6.54 Å². The molecule has 1 fully saturated rings. The average Bonchev–Trinajstić information content (AvgIpc) is 2.68. The molecule has 1 rings (SSSR count). The van der Waals surface area contributed by atoms with Crippen molar-refractivity contribution in [3.8, 4) is 0 Å². The number of amides is 3. The Morgan fingerprint density at radius 3 is 2.62 bits per heavy atom. The van der Waals surface area contributed by atoms with Gasteiger partial charge in [0.25, 0.3) is 0 Å². The van der Waals surface area contributed by atoms with Crippen LogP contribution in [0.2, 0.25) is 0 Å². The SMILES string of the molecule is NC(=O)NC(=O)CNCCOC1CCCC1. The Morgan fingerprint density at radius 2 is 2.00 bits per heavy atom. The third-order valence-corrected chi connectivity index (χ3v) is 2.48. The molecule has 1 saturated carbocycles. The van der Waals surface area contributed by atoms with Crippen molar-refractivity contribution in [2.24, 2.45) is 5.73 Å². The van der Waals surface area contributed by atoms with Crippen LogP contribution < -0.4 is 16.4 Å². The predicted octanol–water partition coefficient (Wildman–Crippen LogP) is -0.270. The Hall–Kier alpha value is -1.14. The van der Waals surface area contributed by atoms with Gasteiger partial charge in [0.1, 0.15) is 0 Å². The number of primary amides is 1. The minimum Gasteiger partial charge on any atom is -0.377 e. The molecule has 1 aliphatic rings. The summed E-state index contributed by atoms with van der Waals surface area (Å²) in [4.78, 5) is 21.3. The summed E-state index contributed by atoms with van der Waals surface area (Å²) >= 11 is 0. The largest absolute Gasteiger partial charge is 0.377 e. The molecule has 0 aliphatic heterocycles. The highest BCUT2D eigenvalue weighted by atomic mass is 16.5. The Kier molecular flexibility index (Phi) is 5.81. The quantitative estimate of drug-likeness (QED) is 0.546. The number of hydrogen-bond acceptors (Lipinski definition) is 4. The lowest BCUT2D eigenvalue weighted by Gasteiger charge is -2.11. The van der Waals surface area contributed by atoms with Crippen molar-refractivity contribution in [1.29, 1.82) is 0 Å². The number of imide groups is 1. The molecule has 1 aliphatic carbocycles. The minimum absolute atomic E-state index is 0.0803. The summed E-state index contributed by atoms with van der Waals surface area (Å²) in [5.74, 6) is -0.423. The van der Waals surface area contributed by atoms with Gasteiger partial charge in [-0.1, -0.05) is 12.8 Å². The van der Waals surface area contributed by atoms with E-state index in [1.165, 1.54) is 12.8 Å². The second-order valence-electron chi connectivity index (χ2n) is 3.87. The van der Waals surface area contributed by atoms with Crippen LogP contribution in [0.4, 0.5) is 4.79 Å². The molecule has 0 saturated heterocycles. The molecular formula is C10H19N3O3. The Morgan fingerprint density at radius 1 is 1.31 bits per heavy atom. The van der Waals surface area contributed by atoms with Crippen LogP contribution in [0.1, 0.15) is 25.7 Å². The van der Waals surface area contributed by atoms with Crippen LogP contribution in [0, 0.1) is 0 Å². The molecule has 0 unspecified atom stereocenters. The molecule has 3 amide bonds. The molecule has 0 spiro atoms. The maximum atomic E-state index is 11.0. The van der Waals surface area contributed by atoms with Crippen LogP contribution in [0.25, 0.3) is 0 Å². The maximum absolute atomic E-state index is 11.0. The second kappa shape index (κ2) is 7.19. The molecular weight excluding hydrogens is 210 g/mol. The van der Waals surface area contributed by atoms with Crippen molar-refractivity contribution in [2.75, 3.05) is 19.7 Å². The zero-order valence-electron chi connectivity index (χ0n) is 9.33. The highest BCUT2D eigenvalue weighted by Crippen LogP contribution is 2.20. The average molecular weight is 229 g/mol. The van der Waals surface area contributed by atoms with Crippen molar-refractivity contribution >= 4 is 11.9 Å². The number of ether oxygens (including phenoxy) is 1. The maximum Gasteiger partial charge on any atom is 0.318 e. The van der Waals surface area contributed by atoms with Crippen molar-refractivity contribution < 1.29 is 14.3 Å². The van der Waals surface area contributed by atoms with Gasteiger partial charge in [-0.05, 0) is 12.8 Å². The smallest absolute Gasteiger partial charge is 0.318 e. The van der Waals surface area contributed by atoms with E-state index >= 15 is 0 Å². The van der Waals surface area contributed by atoms with Crippen LogP contribution in [-0.4, -0.2) is 37.7 Å².